The summed E-state index contributed by atoms with van der Waals surface area (Å²) in [6.07, 6.45) is 7.47. The minimum Gasteiger partial charge on any atom is -0.379 e. The van der Waals surface area contributed by atoms with E-state index in [2.05, 4.69) is 35.2 Å². The molecule has 22 heavy (non-hydrogen) atoms. The minimum atomic E-state index is 0.440. The molecule has 0 amide bonds. The smallest absolute Gasteiger partial charge is 0.0594 e. The average Bonchev–Trinajstić information content (AvgIpc) is 2.58. The van der Waals surface area contributed by atoms with Crippen molar-refractivity contribution in [2.45, 2.75) is 50.6 Å². The van der Waals surface area contributed by atoms with Crippen molar-refractivity contribution in [1.82, 2.24) is 4.90 Å². The zero-order valence-electron chi connectivity index (χ0n) is 13.6. The van der Waals surface area contributed by atoms with Crippen molar-refractivity contribution < 1.29 is 4.74 Å². The number of morpholine rings is 1. The summed E-state index contributed by atoms with van der Waals surface area (Å²) in [5, 5.41) is 0. The van der Waals surface area contributed by atoms with Crippen molar-refractivity contribution in [3.8, 4) is 0 Å². The van der Waals surface area contributed by atoms with Crippen LogP contribution in [0, 0.1) is 5.92 Å². The molecule has 0 radical (unpaired) electrons. The summed E-state index contributed by atoms with van der Waals surface area (Å²) in [4.78, 5) is 2.69. The second-order valence-electron chi connectivity index (χ2n) is 6.91. The van der Waals surface area contributed by atoms with Gasteiger partial charge in [-0.05, 0) is 50.0 Å². The van der Waals surface area contributed by atoms with Gasteiger partial charge < -0.3 is 10.5 Å². The normalized spacial score (nSPS) is 28.4. The number of aryl methyl sites for hydroxylation is 1. The van der Waals surface area contributed by atoms with E-state index in [1.807, 2.05) is 0 Å². The van der Waals surface area contributed by atoms with Crippen molar-refractivity contribution in [3.63, 3.8) is 0 Å². The first-order chi connectivity index (χ1) is 10.8. The Morgan fingerprint density at radius 2 is 1.73 bits per heavy atom. The Hall–Kier alpha value is -0.900. The molecule has 3 heteroatoms. The van der Waals surface area contributed by atoms with Gasteiger partial charge in [0.05, 0.1) is 13.2 Å². The zero-order chi connectivity index (χ0) is 15.2. The molecule has 2 fully saturated rings. The molecule has 0 aromatic heterocycles. The summed E-state index contributed by atoms with van der Waals surface area (Å²) in [6.45, 7) is 3.99. The highest BCUT2D eigenvalue weighted by atomic mass is 16.5. The number of nitrogens with two attached hydrogens (primary N) is 1. The van der Waals surface area contributed by atoms with Crippen molar-refractivity contribution in [3.05, 3.63) is 35.9 Å². The van der Waals surface area contributed by atoms with E-state index in [0.717, 1.165) is 32.2 Å². The Morgan fingerprint density at radius 3 is 2.41 bits per heavy atom. The van der Waals surface area contributed by atoms with Gasteiger partial charge in [-0.15, -0.1) is 0 Å². The Labute approximate surface area is 134 Å². The first kappa shape index (κ1) is 16.0. The van der Waals surface area contributed by atoms with Gasteiger partial charge in [-0.1, -0.05) is 30.3 Å². The highest BCUT2D eigenvalue weighted by Gasteiger charge is 2.31. The first-order valence-electron chi connectivity index (χ1n) is 8.94. The third-order valence-corrected chi connectivity index (χ3v) is 5.45. The Kier molecular flexibility index (Phi) is 5.88. The number of rotatable bonds is 5. The average molecular weight is 302 g/mol. The SMILES string of the molecule is NC1CCC(C(CCc2ccccc2)N2CCOCC2)CC1. The summed E-state index contributed by atoms with van der Waals surface area (Å²) in [7, 11) is 0. The minimum absolute atomic E-state index is 0.440. The van der Waals surface area contributed by atoms with Crippen LogP contribution >= 0.6 is 0 Å². The highest BCUT2D eigenvalue weighted by Crippen LogP contribution is 2.31. The third-order valence-electron chi connectivity index (χ3n) is 5.45. The standard InChI is InChI=1S/C19H30N2O/c20-18-9-7-17(8-10-18)19(21-12-14-22-15-13-21)11-6-16-4-2-1-3-5-16/h1-5,17-19H,6-15,20H2. The van der Waals surface area contributed by atoms with Crippen LogP contribution in [0.4, 0.5) is 0 Å². The van der Waals surface area contributed by atoms with Crippen molar-refractivity contribution in [2.24, 2.45) is 11.7 Å². The van der Waals surface area contributed by atoms with Crippen LogP contribution in [-0.4, -0.2) is 43.3 Å². The predicted octanol–water partition coefficient (Wildman–Crippen LogP) is 2.84. The van der Waals surface area contributed by atoms with Gasteiger partial charge in [-0.3, -0.25) is 4.90 Å². The van der Waals surface area contributed by atoms with Crippen molar-refractivity contribution in [1.29, 1.82) is 0 Å². The fraction of sp³-hybridized carbons (Fsp3) is 0.684. The molecule has 1 saturated heterocycles. The van der Waals surface area contributed by atoms with Gasteiger partial charge in [-0.25, -0.2) is 0 Å². The van der Waals surface area contributed by atoms with Gasteiger partial charge in [-0.2, -0.15) is 0 Å². The van der Waals surface area contributed by atoms with E-state index in [4.69, 9.17) is 10.5 Å². The van der Waals surface area contributed by atoms with Crippen LogP contribution in [0.2, 0.25) is 0 Å². The van der Waals surface area contributed by atoms with E-state index < -0.39 is 0 Å². The predicted molar refractivity (Wildman–Crippen MR) is 90.9 cm³/mol. The number of nitrogens with zero attached hydrogens (tertiary/aromatic N) is 1. The molecule has 0 bridgehead atoms. The number of hydrogen-bond donors (Lipinski definition) is 1. The van der Waals surface area contributed by atoms with E-state index in [9.17, 15) is 0 Å². The van der Waals surface area contributed by atoms with E-state index in [0.29, 0.717) is 12.1 Å². The van der Waals surface area contributed by atoms with Crippen LogP contribution in [0.3, 0.4) is 0 Å². The molecule has 1 unspecified atom stereocenters. The zero-order valence-corrected chi connectivity index (χ0v) is 13.6. The molecule has 1 aliphatic carbocycles. The fourth-order valence-corrected chi connectivity index (χ4v) is 4.11. The molecule has 2 aliphatic rings. The molecule has 2 N–H and O–H groups in total. The maximum absolute atomic E-state index is 6.11. The fourth-order valence-electron chi connectivity index (χ4n) is 4.11. The molecule has 1 heterocycles. The summed E-state index contributed by atoms with van der Waals surface area (Å²) < 4.78 is 5.56. The van der Waals surface area contributed by atoms with Crippen LogP contribution in [0.25, 0.3) is 0 Å². The van der Waals surface area contributed by atoms with Crippen LogP contribution in [0.1, 0.15) is 37.7 Å². The highest BCUT2D eigenvalue weighted by molar-refractivity contribution is 5.15. The van der Waals surface area contributed by atoms with Crippen molar-refractivity contribution >= 4 is 0 Å². The van der Waals surface area contributed by atoms with Gasteiger partial charge in [0, 0.05) is 25.2 Å². The lowest BCUT2D eigenvalue weighted by molar-refractivity contribution is -0.00514. The lowest BCUT2D eigenvalue weighted by Gasteiger charge is -2.41. The second-order valence-corrected chi connectivity index (χ2v) is 6.91. The van der Waals surface area contributed by atoms with E-state index in [1.165, 1.54) is 44.1 Å². The van der Waals surface area contributed by atoms with E-state index >= 15 is 0 Å². The molecule has 1 aromatic rings. The molecule has 1 saturated carbocycles. The van der Waals surface area contributed by atoms with Crippen molar-refractivity contribution in [2.75, 3.05) is 26.3 Å². The molecule has 1 aromatic carbocycles. The Morgan fingerprint density at radius 1 is 1.05 bits per heavy atom. The van der Waals surface area contributed by atoms with Gasteiger partial charge in [0.2, 0.25) is 0 Å². The van der Waals surface area contributed by atoms with Crippen LogP contribution in [0.5, 0.6) is 0 Å². The molecule has 122 valence electrons. The Balaban J connectivity index is 1.62. The third kappa shape index (κ3) is 4.31. The largest absolute Gasteiger partial charge is 0.379 e. The van der Waals surface area contributed by atoms with Gasteiger partial charge in [0.1, 0.15) is 0 Å². The van der Waals surface area contributed by atoms with Crippen LogP contribution in [-0.2, 0) is 11.2 Å². The number of benzene rings is 1. The van der Waals surface area contributed by atoms with Gasteiger partial charge in [0.15, 0.2) is 0 Å². The monoisotopic (exact) mass is 302 g/mol. The van der Waals surface area contributed by atoms with Crippen LogP contribution < -0.4 is 5.73 Å². The second kappa shape index (κ2) is 8.09. The van der Waals surface area contributed by atoms with E-state index in [1.54, 1.807) is 0 Å². The molecular formula is C19H30N2O. The summed E-state index contributed by atoms with van der Waals surface area (Å²) in [5.74, 6) is 0.821. The molecule has 1 atom stereocenters. The molecule has 3 nitrogen and oxygen atoms in total. The maximum Gasteiger partial charge on any atom is 0.0594 e. The molecule has 0 spiro atoms. The topological polar surface area (TPSA) is 38.5 Å². The Bertz CT molecular complexity index is 422. The van der Waals surface area contributed by atoms with Crippen LogP contribution in [0.15, 0.2) is 30.3 Å². The summed E-state index contributed by atoms with van der Waals surface area (Å²) >= 11 is 0. The number of hydrogen-bond acceptors (Lipinski definition) is 3. The maximum atomic E-state index is 6.11. The molecule has 3 rings (SSSR count). The summed E-state index contributed by atoms with van der Waals surface area (Å²) in [5.41, 5.74) is 7.57. The lowest BCUT2D eigenvalue weighted by atomic mass is 9.79. The lowest BCUT2D eigenvalue weighted by Crippen LogP contribution is -2.48. The summed E-state index contributed by atoms with van der Waals surface area (Å²) in [6, 6.07) is 12.1. The van der Waals surface area contributed by atoms with Gasteiger partial charge >= 0.3 is 0 Å². The molecule has 1 aliphatic heterocycles. The quantitative estimate of drug-likeness (QED) is 0.909. The number of ether oxygens (including phenoxy) is 1. The van der Waals surface area contributed by atoms with Gasteiger partial charge in [0.25, 0.3) is 0 Å². The van der Waals surface area contributed by atoms with E-state index in [-0.39, 0.29) is 0 Å². The first-order valence-corrected chi connectivity index (χ1v) is 8.94. The molecular weight excluding hydrogens is 272 g/mol.